The lowest BCUT2D eigenvalue weighted by atomic mass is 9.98. The summed E-state index contributed by atoms with van der Waals surface area (Å²) in [5.74, 6) is -0.392. The standard InChI is InChI=1S/C24H21IN4O4/c25-23(31)22(30)14-19(12-15-6-8-17(9-7-15)16-4-2-1-3-5-16)26-24(32)18-10-11-20-21(13-18)29(33)28-27-20/h1-11,13,19,22,30,33H,12,14H2,(H,26,32). The average molecular weight is 556 g/mol. The third-order valence-corrected chi connectivity index (χ3v) is 6.06. The SMILES string of the molecule is O=C(NC(Cc1ccc(-c2ccccc2)cc1)CC(O)C(=O)I)c1ccc2nnn(O)c2c1. The van der Waals surface area contributed by atoms with E-state index in [4.69, 9.17) is 0 Å². The first-order chi connectivity index (χ1) is 15.9. The molecular weight excluding hydrogens is 535 g/mol. The molecule has 33 heavy (non-hydrogen) atoms. The van der Waals surface area contributed by atoms with Crippen LogP contribution in [0.4, 0.5) is 0 Å². The third kappa shape index (κ3) is 5.55. The van der Waals surface area contributed by atoms with Gasteiger partial charge in [-0.2, -0.15) is 0 Å². The number of aromatic nitrogens is 3. The molecule has 0 saturated heterocycles. The van der Waals surface area contributed by atoms with Crippen molar-refractivity contribution in [2.24, 2.45) is 0 Å². The van der Waals surface area contributed by atoms with E-state index in [1.54, 1.807) is 34.7 Å². The van der Waals surface area contributed by atoms with Crippen molar-refractivity contribution in [3.05, 3.63) is 83.9 Å². The fraction of sp³-hybridized carbons (Fsp3) is 0.167. The Morgan fingerprint density at radius 1 is 1.00 bits per heavy atom. The Morgan fingerprint density at radius 3 is 2.39 bits per heavy atom. The second kappa shape index (κ2) is 10.1. The molecule has 1 heterocycles. The van der Waals surface area contributed by atoms with E-state index in [1.807, 2.05) is 54.6 Å². The van der Waals surface area contributed by atoms with E-state index in [0.717, 1.165) is 16.7 Å². The van der Waals surface area contributed by atoms with Gasteiger partial charge in [-0.3, -0.25) is 9.59 Å². The summed E-state index contributed by atoms with van der Waals surface area (Å²) in [5, 5.41) is 30.1. The van der Waals surface area contributed by atoms with E-state index in [0.29, 0.717) is 27.9 Å². The fourth-order valence-corrected chi connectivity index (χ4v) is 3.87. The van der Waals surface area contributed by atoms with Crippen LogP contribution in [-0.2, 0) is 11.2 Å². The van der Waals surface area contributed by atoms with Gasteiger partial charge in [0.2, 0.25) is 3.79 Å². The lowest BCUT2D eigenvalue weighted by Gasteiger charge is -2.21. The molecule has 0 fully saturated rings. The molecule has 0 spiro atoms. The number of nitrogens with zero attached hydrogens (tertiary/aromatic N) is 3. The van der Waals surface area contributed by atoms with E-state index in [2.05, 4.69) is 15.6 Å². The summed E-state index contributed by atoms with van der Waals surface area (Å²) in [7, 11) is 0. The normalized spacial score (nSPS) is 12.9. The van der Waals surface area contributed by atoms with Gasteiger partial charge in [-0.25, -0.2) is 0 Å². The van der Waals surface area contributed by atoms with Gasteiger partial charge in [0.05, 0.1) is 0 Å². The van der Waals surface area contributed by atoms with Gasteiger partial charge >= 0.3 is 0 Å². The Hall–Kier alpha value is -3.31. The zero-order valence-electron chi connectivity index (χ0n) is 17.4. The topological polar surface area (TPSA) is 117 Å². The van der Waals surface area contributed by atoms with Gasteiger partial charge in [-0.15, -0.1) is 5.10 Å². The highest BCUT2D eigenvalue weighted by Gasteiger charge is 2.22. The lowest BCUT2D eigenvalue weighted by molar-refractivity contribution is -0.117. The third-order valence-electron chi connectivity index (χ3n) is 5.34. The minimum absolute atomic E-state index is 0.0791. The summed E-state index contributed by atoms with van der Waals surface area (Å²) in [6, 6.07) is 22.1. The van der Waals surface area contributed by atoms with Crippen molar-refractivity contribution in [1.29, 1.82) is 0 Å². The van der Waals surface area contributed by atoms with Crippen LogP contribution in [0.25, 0.3) is 22.2 Å². The van der Waals surface area contributed by atoms with Gasteiger partial charge < -0.3 is 15.6 Å². The predicted molar refractivity (Wildman–Crippen MR) is 131 cm³/mol. The molecule has 1 amide bonds. The van der Waals surface area contributed by atoms with E-state index < -0.39 is 18.1 Å². The first kappa shape index (κ1) is 22.9. The molecule has 1 aromatic heterocycles. The van der Waals surface area contributed by atoms with Crippen LogP contribution >= 0.6 is 22.6 Å². The smallest absolute Gasteiger partial charge is 0.251 e. The van der Waals surface area contributed by atoms with Crippen LogP contribution in [0.2, 0.25) is 0 Å². The van der Waals surface area contributed by atoms with Gasteiger partial charge in [0, 0.05) is 40.6 Å². The van der Waals surface area contributed by atoms with E-state index in [9.17, 15) is 19.9 Å². The van der Waals surface area contributed by atoms with Crippen LogP contribution in [0.3, 0.4) is 0 Å². The second-order valence-corrected chi connectivity index (χ2v) is 8.74. The van der Waals surface area contributed by atoms with Crippen molar-refractivity contribution in [3.63, 3.8) is 0 Å². The molecule has 3 aromatic carbocycles. The van der Waals surface area contributed by atoms with E-state index in [1.165, 1.54) is 6.07 Å². The summed E-state index contributed by atoms with van der Waals surface area (Å²) < 4.78 is -0.386. The number of hydrogen-bond donors (Lipinski definition) is 3. The molecule has 4 aromatic rings. The van der Waals surface area contributed by atoms with Crippen molar-refractivity contribution in [1.82, 2.24) is 20.5 Å². The van der Waals surface area contributed by atoms with Gasteiger partial charge in [-0.1, -0.05) is 59.4 Å². The second-order valence-electron chi connectivity index (χ2n) is 7.68. The summed E-state index contributed by atoms with van der Waals surface area (Å²) >= 11 is 1.56. The van der Waals surface area contributed by atoms with Crippen LogP contribution in [0.1, 0.15) is 22.3 Å². The summed E-state index contributed by atoms with van der Waals surface area (Å²) in [6.07, 6.45) is -0.677. The molecule has 2 unspecified atom stereocenters. The summed E-state index contributed by atoms with van der Waals surface area (Å²) in [5.41, 5.74) is 4.20. The Kier molecular flexibility index (Phi) is 6.99. The molecule has 168 valence electrons. The van der Waals surface area contributed by atoms with Crippen molar-refractivity contribution < 1.29 is 19.9 Å². The molecule has 2 atom stereocenters. The number of aliphatic hydroxyl groups excluding tert-OH is 1. The highest BCUT2D eigenvalue weighted by molar-refractivity contribution is 14.1. The number of amides is 1. The maximum Gasteiger partial charge on any atom is 0.251 e. The van der Waals surface area contributed by atoms with Crippen LogP contribution in [-0.4, -0.2) is 47.3 Å². The summed E-state index contributed by atoms with van der Waals surface area (Å²) in [4.78, 5) is 25.1. The minimum atomic E-state index is -1.19. The lowest BCUT2D eigenvalue weighted by Crippen LogP contribution is -2.40. The number of hydrogen-bond acceptors (Lipinski definition) is 6. The van der Waals surface area contributed by atoms with Crippen LogP contribution < -0.4 is 5.32 Å². The maximum absolute atomic E-state index is 12.9. The number of aliphatic hydroxyl groups is 1. The number of halogens is 1. The van der Waals surface area contributed by atoms with E-state index >= 15 is 0 Å². The molecule has 0 saturated carbocycles. The van der Waals surface area contributed by atoms with Gasteiger partial charge in [0.15, 0.2) is 0 Å². The zero-order chi connectivity index (χ0) is 23.4. The Morgan fingerprint density at radius 2 is 1.70 bits per heavy atom. The van der Waals surface area contributed by atoms with Crippen molar-refractivity contribution in [3.8, 4) is 11.1 Å². The Bertz CT molecular complexity index is 1270. The average Bonchev–Trinajstić information content (AvgIpc) is 3.20. The number of fused-ring (bicyclic) bond motifs is 1. The molecule has 0 aliphatic carbocycles. The number of rotatable bonds is 8. The molecule has 4 rings (SSSR count). The maximum atomic E-state index is 12.9. The molecule has 9 heteroatoms. The molecule has 0 radical (unpaired) electrons. The molecule has 3 N–H and O–H groups in total. The molecule has 0 aliphatic heterocycles. The molecule has 0 bridgehead atoms. The largest absolute Gasteiger partial charge is 0.410 e. The van der Waals surface area contributed by atoms with Crippen LogP contribution in [0.15, 0.2) is 72.8 Å². The zero-order valence-corrected chi connectivity index (χ0v) is 19.6. The monoisotopic (exact) mass is 556 g/mol. The van der Waals surface area contributed by atoms with Gasteiger partial charge in [-0.05, 0) is 46.5 Å². The van der Waals surface area contributed by atoms with Crippen LogP contribution in [0, 0.1) is 0 Å². The molecule has 0 aliphatic rings. The highest BCUT2D eigenvalue weighted by atomic mass is 127. The number of benzene rings is 3. The first-order valence-corrected chi connectivity index (χ1v) is 11.4. The quantitative estimate of drug-likeness (QED) is 0.174. The first-order valence-electron chi connectivity index (χ1n) is 10.3. The Labute approximate surface area is 203 Å². The van der Waals surface area contributed by atoms with Crippen LogP contribution in [0.5, 0.6) is 0 Å². The van der Waals surface area contributed by atoms with Crippen molar-refractivity contribution in [2.45, 2.75) is 25.0 Å². The number of carbonyl (C=O) groups is 2. The van der Waals surface area contributed by atoms with Crippen molar-refractivity contribution in [2.75, 3.05) is 0 Å². The fourth-order valence-electron chi connectivity index (χ4n) is 3.62. The summed E-state index contributed by atoms with van der Waals surface area (Å²) in [6.45, 7) is 0. The van der Waals surface area contributed by atoms with Gasteiger partial charge in [0.1, 0.15) is 17.1 Å². The molecular formula is C24H21IN4O4. The number of nitrogens with one attached hydrogen (secondary N) is 1. The minimum Gasteiger partial charge on any atom is -0.410 e. The van der Waals surface area contributed by atoms with E-state index in [-0.39, 0.29) is 10.2 Å². The highest BCUT2D eigenvalue weighted by Crippen LogP contribution is 2.21. The van der Waals surface area contributed by atoms with Gasteiger partial charge in [0.25, 0.3) is 5.91 Å². The Balaban J connectivity index is 1.52. The van der Waals surface area contributed by atoms with Crippen molar-refractivity contribution >= 4 is 43.3 Å². The predicted octanol–water partition coefficient (Wildman–Crippen LogP) is 3.39. The molecule has 8 nitrogen and oxygen atoms in total. The number of carbonyl (C=O) groups excluding carboxylic acids is 2.